The Morgan fingerprint density at radius 2 is 1.67 bits per heavy atom. The number of hydrogen-bond acceptors (Lipinski definition) is 5. The first-order valence-electron chi connectivity index (χ1n) is 9.17. The van der Waals surface area contributed by atoms with Gasteiger partial charge in [0.1, 0.15) is 29.1 Å². The molecule has 0 bridgehead atoms. The summed E-state index contributed by atoms with van der Waals surface area (Å²) in [5, 5.41) is 13.2. The Morgan fingerprint density at radius 3 is 2.23 bits per heavy atom. The lowest BCUT2D eigenvalue weighted by Crippen LogP contribution is -2.34. The van der Waals surface area contributed by atoms with E-state index in [1.54, 1.807) is 24.3 Å². The minimum absolute atomic E-state index is 0.100. The van der Waals surface area contributed by atoms with E-state index in [-0.39, 0.29) is 28.9 Å². The van der Waals surface area contributed by atoms with E-state index in [2.05, 4.69) is 16.4 Å². The van der Waals surface area contributed by atoms with Gasteiger partial charge in [-0.05, 0) is 54.0 Å². The number of methoxy groups -OCH3 is 1. The molecule has 0 spiro atoms. The predicted molar refractivity (Wildman–Crippen MR) is 111 cm³/mol. The lowest BCUT2D eigenvalue weighted by atomic mass is 9.81. The van der Waals surface area contributed by atoms with Crippen LogP contribution in [-0.4, -0.2) is 12.1 Å². The van der Waals surface area contributed by atoms with Crippen molar-refractivity contribution in [3.63, 3.8) is 0 Å². The molecule has 0 fully saturated rings. The van der Waals surface area contributed by atoms with E-state index in [0.29, 0.717) is 22.4 Å². The summed E-state index contributed by atoms with van der Waals surface area (Å²) in [6.07, 6.45) is 1.92. The standard InChI is InChI=1S/C23H18F2N4O/c1-23(14-5-9-16(25)10-6-14)11-17(13-3-7-15(24)8-4-13)19-20(29-23)18(12-26)22(30-2)28-21(19)27/h3-11,29H,1-2H3,(H2,27,28). The Balaban J connectivity index is 2.03. The number of nitrogens with two attached hydrogens (primary N) is 1. The van der Waals surface area contributed by atoms with E-state index in [1.807, 2.05) is 13.0 Å². The maximum absolute atomic E-state index is 13.5. The summed E-state index contributed by atoms with van der Waals surface area (Å²) < 4.78 is 32.3. The zero-order valence-corrected chi connectivity index (χ0v) is 16.3. The van der Waals surface area contributed by atoms with Crippen molar-refractivity contribution in [1.29, 1.82) is 5.26 Å². The smallest absolute Gasteiger partial charge is 0.235 e. The summed E-state index contributed by atoms with van der Waals surface area (Å²) in [7, 11) is 1.41. The van der Waals surface area contributed by atoms with Crippen LogP contribution in [0, 0.1) is 23.0 Å². The van der Waals surface area contributed by atoms with Crippen molar-refractivity contribution in [2.24, 2.45) is 0 Å². The molecule has 0 aliphatic carbocycles. The Hall–Kier alpha value is -3.92. The van der Waals surface area contributed by atoms with Gasteiger partial charge in [-0.1, -0.05) is 24.3 Å². The van der Waals surface area contributed by atoms with Crippen molar-refractivity contribution in [2.75, 3.05) is 18.2 Å². The highest BCUT2D eigenvalue weighted by Gasteiger charge is 2.35. The zero-order chi connectivity index (χ0) is 21.5. The highest BCUT2D eigenvalue weighted by atomic mass is 19.1. The van der Waals surface area contributed by atoms with Crippen LogP contribution in [0.3, 0.4) is 0 Å². The molecule has 0 saturated heterocycles. The van der Waals surface area contributed by atoms with Crippen LogP contribution in [0.25, 0.3) is 5.57 Å². The number of nitrogens with zero attached hydrogens (tertiary/aromatic N) is 2. The fourth-order valence-corrected chi connectivity index (χ4v) is 3.70. The molecule has 3 aromatic rings. The number of hydrogen-bond donors (Lipinski definition) is 2. The average molecular weight is 404 g/mol. The average Bonchev–Trinajstić information content (AvgIpc) is 2.73. The molecule has 150 valence electrons. The fourth-order valence-electron chi connectivity index (χ4n) is 3.70. The number of benzene rings is 2. The van der Waals surface area contributed by atoms with Gasteiger partial charge >= 0.3 is 0 Å². The molecule has 4 rings (SSSR count). The lowest BCUT2D eigenvalue weighted by molar-refractivity contribution is 0.397. The summed E-state index contributed by atoms with van der Waals surface area (Å²) in [4.78, 5) is 4.23. The van der Waals surface area contributed by atoms with Gasteiger partial charge in [-0.3, -0.25) is 0 Å². The Kier molecular flexibility index (Phi) is 4.63. The number of ether oxygens (including phenoxy) is 1. The number of aromatic nitrogens is 1. The van der Waals surface area contributed by atoms with Crippen LogP contribution in [0.15, 0.2) is 54.6 Å². The second-order valence-corrected chi connectivity index (χ2v) is 7.14. The van der Waals surface area contributed by atoms with Crippen LogP contribution in [-0.2, 0) is 5.54 Å². The van der Waals surface area contributed by atoms with Crippen molar-refractivity contribution in [1.82, 2.24) is 4.98 Å². The number of halogens is 2. The monoisotopic (exact) mass is 404 g/mol. The second kappa shape index (κ2) is 7.16. The lowest BCUT2D eigenvalue weighted by Gasteiger charge is -2.37. The molecule has 30 heavy (non-hydrogen) atoms. The quantitative estimate of drug-likeness (QED) is 0.667. The molecule has 5 nitrogen and oxygen atoms in total. The first-order valence-corrected chi connectivity index (χ1v) is 9.17. The maximum atomic E-state index is 13.5. The highest BCUT2D eigenvalue weighted by molar-refractivity contribution is 5.96. The number of anilines is 2. The van der Waals surface area contributed by atoms with Gasteiger partial charge in [-0.25, -0.2) is 8.78 Å². The van der Waals surface area contributed by atoms with E-state index >= 15 is 0 Å². The Morgan fingerprint density at radius 1 is 1.07 bits per heavy atom. The van der Waals surface area contributed by atoms with Crippen molar-refractivity contribution >= 4 is 17.1 Å². The van der Waals surface area contributed by atoms with Crippen molar-refractivity contribution in [2.45, 2.75) is 12.5 Å². The molecular formula is C23H18F2N4O. The van der Waals surface area contributed by atoms with Gasteiger partial charge in [0.25, 0.3) is 0 Å². The van der Waals surface area contributed by atoms with Crippen molar-refractivity contribution in [3.8, 4) is 11.9 Å². The summed E-state index contributed by atoms with van der Waals surface area (Å²) in [5.74, 6) is -0.449. The van der Waals surface area contributed by atoms with Gasteiger partial charge in [0.05, 0.1) is 18.3 Å². The number of pyridine rings is 1. The normalized spacial score (nSPS) is 17.4. The van der Waals surface area contributed by atoms with Crippen molar-refractivity contribution in [3.05, 3.63) is 88.5 Å². The molecule has 2 aromatic carbocycles. The van der Waals surface area contributed by atoms with Gasteiger partial charge in [-0.15, -0.1) is 0 Å². The number of nitrogen functional groups attached to an aromatic ring is 1. The minimum atomic E-state index is -0.811. The molecule has 1 aromatic heterocycles. The van der Waals surface area contributed by atoms with Gasteiger partial charge in [-0.2, -0.15) is 10.2 Å². The van der Waals surface area contributed by atoms with E-state index in [1.165, 1.54) is 31.4 Å². The number of fused-ring (bicyclic) bond motifs is 1. The molecule has 1 aliphatic heterocycles. The van der Waals surface area contributed by atoms with Crippen LogP contribution in [0.4, 0.5) is 20.3 Å². The number of nitrogens with one attached hydrogen (secondary N) is 1. The third-order valence-corrected chi connectivity index (χ3v) is 5.18. The fraction of sp³-hybridized carbons (Fsp3) is 0.130. The zero-order valence-electron chi connectivity index (χ0n) is 16.3. The molecule has 0 radical (unpaired) electrons. The largest absolute Gasteiger partial charge is 0.480 e. The molecule has 7 heteroatoms. The first-order chi connectivity index (χ1) is 14.4. The number of rotatable bonds is 3. The van der Waals surface area contributed by atoms with Crippen LogP contribution in [0.5, 0.6) is 5.88 Å². The molecule has 0 amide bonds. The maximum Gasteiger partial charge on any atom is 0.235 e. The predicted octanol–water partition coefficient (Wildman–Crippen LogP) is 4.59. The van der Waals surface area contributed by atoms with Crippen LogP contribution in [0.1, 0.15) is 29.2 Å². The van der Waals surface area contributed by atoms with E-state index < -0.39 is 5.54 Å². The molecule has 3 N–H and O–H groups in total. The number of nitriles is 1. The Bertz CT molecular complexity index is 1200. The first kappa shape index (κ1) is 19.4. The second-order valence-electron chi connectivity index (χ2n) is 7.14. The van der Waals surface area contributed by atoms with Crippen LogP contribution < -0.4 is 15.8 Å². The third-order valence-electron chi connectivity index (χ3n) is 5.18. The summed E-state index contributed by atoms with van der Waals surface area (Å²) >= 11 is 0. The van der Waals surface area contributed by atoms with Crippen LogP contribution >= 0.6 is 0 Å². The summed E-state index contributed by atoms with van der Waals surface area (Å²) in [6.45, 7) is 1.90. The molecule has 1 atom stereocenters. The molecule has 1 aliphatic rings. The summed E-state index contributed by atoms with van der Waals surface area (Å²) in [6, 6.07) is 14.2. The van der Waals surface area contributed by atoms with Crippen molar-refractivity contribution < 1.29 is 13.5 Å². The van der Waals surface area contributed by atoms with E-state index in [0.717, 1.165) is 5.56 Å². The van der Waals surface area contributed by atoms with E-state index in [4.69, 9.17) is 10.5 Å². The molecule has 2 heterocycles. The van der Waals surface area contributed by atoms with Gasteiger partial charge in [0, 0.05) is 5.56 Å². The van der Waals surface area contributed by atoms with Gasteiger partial charge < -0.3 is 15.8 Å². The molecule has 1 unspecified atom stereocenters. The summed E-state index contributed by atoms with van der Waals surface area (Å²) in [5.41, 5.74) is 8.76. The third kappa shape index (κ3) is 3.12. The van der Waals surface area contributed by atoms with Gasteiger partial charge in [0.15, 0.2) is 0 Å². The SMILES string of the molecule is COc1nc(N)c2c(c1C#N)NC(C)(c1ccc(F)cc1)C=C2c1ccc(F)cc1. The Labute approximate surface area is 172 Å². The van der Waals surface area contributed by atoms with E-state index in [9.17, 15) is 14.0 Å². The topological polar surface area (TPSA) is 84.0 Å². The minimum Gasteiger partial charge on any atom is -0.480 e. The van der Waals surface area contributed by atoms with Crippen LogP contribution in [0.2, 0.25) is 0 Å². The van der Waals surface area contributed by atoms with Gasteiger partial charge in [0.2, 0.25) is 5.88 Å². The highest BCUT2D eigenvalue weighted by Crippen LogP contribution is 2.46. The molecular weight excluding hydrogens is 386 g/mol. The molecule has 0 saturated carbocycles.